The highest BCUT2D eigenvalue weighted by molar-refractivity contribution is 7.46. The van der Waals surface area contributed by atoms with Crippen molar-refractivity contribution in [1.29, 1.82) is 0 Å². The number of tetrazole rings is 1. The molecular formula is C21H26FN6O8P. The number of benzene rings is 1. The van der Waals surface area contributed by atoms with E-state index in [2.05, 4.69) is 24.9 Å². The van der Waals surface area contributed by atoms with Crippen LogP contribution in [0.15, 0.2) is 36.5 Å². The maximum atomic E-state index is 15.1. The van der Waals surface area contributed by atoms with E-state index in [1.54, 1.807) is 42.4 Å². The largest absolute Gasteiger partial charge is 0.469 e. The van der Waals surface area contributed by atoms with Crippen LogP contribution < -0.4 is 4.90 Å². The Labute approximate surface area is 210 Å². The van der Waals surface area contributed by atoms with Crippen molar-refractivity contribution >= 4 is 13.5 Å². The highest BCUT2D eigenvalue weighted by Crippen LogP contribution is 2.35. The standard InChI is InChI=1S/C21H26FN6O8P/c1-27-25-21(24-26-27)20-5-2-14(7-23-20)18-4-3-15(6-19(18)22)28-8-17(35-13-34-12-28)11-33-9-16(29)10-36-37(30,31)32/h2-7,16-17,29H,8-13H2,1H3,(H2,30,31,32). The van der Waals surface area contributed by atoms with E-state index in [-0.39, 0.29) is 26.7 Å². The predicted octanol–water partition coefficient (Wildman–Crippen LogP) is 0.702. The first kappa shape index (κ1) is 27.2. The van der Waals surface area contributed by atoms with E-state index in [4.69, 9.17) is 24.0 Å². The normalized spacial score (nSPS) is 17.5. The molecule has 3 N–H and O–H groups in total. The van der Waals surface area contributed by atoms with Crippen LogP contribution in [0.1, 0.15) is 0 Å². The first-order valence-corrected chi connectivity index (χ1v) is 12.6. The molecule has 2 atom stereocenters. The van der Waals surface area contributed by atoms with Crippen LogP contribution in [0, 0.1) is 5.82 Å². The summed E-state index contributed by atoms with van der Waals surface area (Å²) in [7, 11) is -3.02. The van der Waals surface area contributed by atoms with Crippen LogP contribution in [-0.2, 0) is 30.3 Å². The van der Waals surface area contributed by atoms with Crippen LogP contribution in [0.4, 0.5) is 10.1 Å². The number of aliphatic hydroxyl groups excluding tert-OH is 1. The van der Waals surface area contributed by atoms with Gasteiger partial charge in [-0.3, -0.25) is 9.51 Å². The molecule has 3 aromatic rings. The third kappa shape index (κ3) is 7.80. The van der Waals surface area contributed by atoms with E-state index >= 15 is 4.39 Å². The number of phosphoric acid groups is 1. The summed E-state index contributed by atoms with van der Waals surface area (Å²) < 4.78 is 46.4. The Balaban J connectivity index is 1.35. The van der Waals surface area contributed by atoms with Crippen LogP contribution in [0.25, 0.3) is 22.6 Å². The van der Waals surface area contributed by atoms with Gasteiger partial charge in [0.25, 0.3) is 0 Å². The Morgan fingerprint density at radius 1 is 1.27 bits per heavy atom. The molecule has 14 nitrogen and oxygen atoms in total. The third-order valence-corrected chi connectivity index (χ3v) is 5.72. The lowest BCUT2D eigenvalue weighted by Crippen LogP contribution is -2.35. The predicted molar refractivity (Wildman–Crippen MR) is 125 cm³/mol. The quantitative estimate of drug-likeness (QED) is 0.307. The molecule has 0 bridgehead atoms. The first-order valence-electron chi connectivity index (χ1n) is 11.1. The van der Waals surface area contributed by atoms with Gasteiger partial charge in [-0.1, -0.05) is 6.07 Å². The summed E-state index contributed by atoms with van der Waals surface area (Å²) in [6.07, 6.45) is -0.154. The number of halogens is 1. The summed E-state index contributed by atoms with van der Waals surface area (Å²) in [6.45, 7) is -0.264. The van der Waals surface area contributed by atoms with Gasteiger partial charge < -0.3 is 34.0 Å². The molecule has 0 spiro atoms. The molecule has 37 heavy (non-hydrogen) atoms. The number of aliphatic hydroxyl groups is 1. The zero-order valence-electron chi connectivity index (χ0n) is 19.8. The van der Waals surface area contributed by atoms with Crippen LogP contribution in [0.3, 0.4) is 0 Å². The molecule has 3 heterocycles. The Morgan fingerprint density at radius 2 is 2.11 bits per heavy atom. The van der Waals surface area contributed by atoms with Crippen molar-refractivity contribution < 1.29 is 42.6 Å². The zero-order chi connectivity index (χ0) is 26.4. The molecule has 2 unspecified atom stereocenters. The lowest BCUT2D eigenvalue weighted by molar-refractivity contribution is -0.0951. The lowest BCUT2D eigenvalue weighted by Gasteiger charge is -2.25. The maximum absolute atomic E-state index is 15.1. The van der Waals surface area contributed by atoms with Gasteiger partial charge in [-0.25, -0.2) is 8.96 Å². The number of rotatable bonds is 10. The number of aryl methyl sites for hydroxylation is 1. The molecule has 0 saturated carbocycles. The molecule has 2 aromatic heterocycles. The van der Waals surface area contributed by atoms with E-state index in [1.807, 2.05) is 0 Å². The van der Waals surface area contributed by atoms with Gasteiger partial charge in [-0.2, -0.15) is 4.80 Å². The van der Waals surface area contributed by atoms with Crippen molar-refractivity contribution in [3.05, 3.63) is 42.3 Å². The van der Waals surface area contributed by atoms with E-state index in [9.17, 15) is 9.67 Å². The van der Waals surface area contributed by atoms with Gasteiger partial charge in [-0.15, -0.1) is 10.2 Å². The number of pyridine rings is 1. The minimum Gasteiger partial charge on any atom is -0.388 e. The van der Waals surface area contributed by atoms with Crippen molar-refractivity contribution in [2.75, 3.05) is 44.8 Å². The van der Waals surface area contributed by atoms with Gasteiger partial charge in [0.1, 0.15) is 37.2 Å². The molecule has 4 rings (SSSR count). The van der Waals surface area contributed by atoms with Crippen LogP contribution in [-0.4, -0.2) is 92.2 Å². The van der Waals surface area contributed by atoms with Crippen LogP contribution in [0.5, 0.6) is 0 Å². The molecular weight excluding hydrogens is 514 g/mol. The van der Waals surface area contributed by atoms with Gasteiger partial charge >= 0.3 is 7.82 Å². The van der Waals surface area contributed by atoms with Crippen molar-refractivity contribution in [2.45, 2.75) is 12.2 Å². The lowest BCUT2D eigenvalue weighted by atomic mass is 10.1. The first-order chi connectivity index (χ1) is 17.7. The molecule has 1 saturated heterocycles. The molecule has 1 aromatic carbocycles. The SMILES string of the molecule is Cn1nnc(-c2ccc(-c3ccc(N4COCOC(COCC(O)COP(=O)(O)O)C4)cc3F)cn2)n1. The smallest absolute Gasteiger partial charge is 0.388 e. The summed E-state index contributed by atoms with van der Waals surface area (Å²) in [5.74, 6) is -0.0772. The summed E-state index contributed by atoms with van der Waals surface area (Å²) in [5.41, 5.74) is 2.04. The molecule has 1 aliphatic heterocycles. The van der Waals surface area contributed by atoms with Crippen molar-refractivity contribution in [3.63, 3.8) is 0 Å². The minimum absolute atomic E-state index is 0.00632. The van der Waals surface area contributed by atoms with Gasteiger partial charge in [0.05, 0.1) is 26.9 Å². The molecule has 200 valence electrons. The van der Waals surface area contributed by atoms with Crippen molar-refractivity contribution in [2.24, 2.45) is 7.05 Å². The minimum atomic E-state index is -4.67. The molecule has 0 aliphatic carbocycles. The van der Waals surface area contributed by atoms with Crippen LogP contribution >= 0.6 is 7.82 Å². The van der Waals surface area contributed by atoms with Gasteiger partial charge in [0.15, 0.2) is 0 Å². The average Bonchev–Trinajstić information content (AvgIpc) is 3.16. The fourth-order valence-electron chi connectivity index (χ4n) is 3.50. The third-order valence-electron chi connectivity index (χ3n) is 5.24. The Hall–Kier alpha value is -2.88. The maximum Gasteiger partial charge on any atom is 0.469 e. The van der Waals surface area contributed by atoms with E-state index in [0.29, 0.717) is 34.9 Å². The fourth-order valence-corrected chi connectivity index (χ4v) is 3.86. The second-order valence-electron chi connectivity index (χ2n) is 8.14. The van der Waals surface area contributed by atoms with Gasteiger partial charge in [0.2, 0.25) is 5.82 Å². The second kappa shape index (κ2) is 12.1. The number of hydrogen-bond donors (Lipinski definition) is 3. The number of aromatic nitrogens is 5. The summed E-state index contributed by atoms with van der Waals surface area (Å²) >= 11 is 0. The second-order valence-corrected chi connectivity index (χ2v) is 9.38. The number of ether oxygens (including phenoxy) is 3. The van der Waals surface area contributed by atoms with Gasteiger partial charge in [-0.05, 0) is 29.5 Å². The zero-order valence-corrected chi connectivity index (χ0v) is 20.6. The molecule has 0 amide bonds. The van der Waals surface area contributed by atoms with Crippen molar-refractivity contribution in [3.8, 4) is 22.6 Å². The molecule has 1 aliphatic rings. The number of hydrogen-bond acceptors (Lipinski definition) is 11. The highest BCUT2D eigenvalue weighted by atomic mass is 31.2. The molecule has 16 heteroatoms. The molecule has 0 radical (unpaired) electrons. The van der Waals surface area contributed by atoms with Crippen LogP contribution in [0.2, 0.25) is 0 Å². The number of nitrogens with zero attached hydrogens (tertiary/aromatic N) is 6. The topological polar surface area (TPSA) is 174 Å². The van der Waals surface area contributed by atoms with E-state index in [0.717, 1.165) is 0 Å². The Bertz CT molecular complexity index is 1230. The van der Waals surface area contributed by atoms with Gasteiger partial charge in [0, 0.05) is 29.6 Å². The average molecular weight is 540 g/mol. The number of anilines is 1. The Kier molecular flexibility index (Phi) is 8.89. The summed E-state index contributed by atoms with van der Waals surface area (Å²) in [5, 5.41) is 21.5. The van der Waals surface area contributed by atoms with E-state index in [1.165, 1.54) is 10.9 Å². The van der Waals surface area contributed by atoms with Crippen molar-refractivity contribution in [1.82, 2.24) is 25.2 Å². The Morgan fingerprint density at radius 3 is 2.78 bits per heavy atom. The number of phosphoric ester groups is 1. The monoisotopic (exact) mass is 540 g/mol. The molecule has 1 fully saturated rings. The fraction of sp³-hybridized carbons (Fsp3) is 0.429. The summed E-state index contributed by atoms with van der Waals surface area (Å²) in [4.78, 5) is 24.8. The summed E-state index contributed by atoms with van der Waals surface area (Å²) in [6, 6.07) is 8.22. The highest BCUT2D eigenvalue weighted by Gasteiger charge is 2.22. The van der Waals surface area contributed by atoms with E-state index < -0.39 is 32.5 Å².